The Balaban J connectivity index is 2.11. The zero-order valence-electron chi connectivity index (χ0n) is 11.3. The Kier molecular flexibility index (Phi) is 5.22. The number of phenols is 1. The Labute approximate surface area is 126 Å². The summed E-state index contributed by atoms with van der Waals surface area (Å²) in [5, 5.41) is 12.2. The van der Waals surface area contributed by atoms with E-state index in [0.29, 0.717) is 5.56 Å². The Morgan fingerprint density at radius 2 is 1.86 bits per heavy atom. The van der Waals surface area contributed by atoms with Gasteiger partial charge in [0.2, 0.25) is 0 Å². The van der Waals surface area contributed by atoms with E-state index in [0.717, 1.165) is 28.5 Å². The maximum atomic E-state index is 13.3. The van der Waals surface area contributed by atoms with E-state index in [1.165, 1.54) is 0 Å². The fraction of sp³-hybridized carbons (Fsp3) is 0.125. The molecule has 0 bridgehead atoms. The molecule has 0 fully saturated rings. The largest absolute Gasteiger partial charge is 0.503 e. The van der Waals surface area contributed by atoms with E-state index in [2.05, 4.69) is 11.9 Å². The summed E-state index contributed by atoms with van der Waals surface area (Å²) in [6.07, 6.45) is 1.81. The van der Waals surface area contributed by atoms with Crippen molar-refractivity contribution >= 4 is 17.4 Å². The lowest BCUT2D eigenvalue weighted by atomic mass is 10.2. The average molecular weight is 307 g/mol. The van der Waals surface area contributed by atoms with Crippen LogP contribution in [0.1, 0.15) is 5.56 Å². The molecule has 5 heteroatoms. The molecule has 2 aromatic carbocycles. The lowest BCUT2D eigenvalue weighted by molar-refractivity contribution is 0.395. The second kappa shape index (κ2) is 7.13. The highest BCUT2D eigenvalue weighted by Gasteiger charge is 2.10. The quantitative estimate of drug-likeness (QED) is 0.606. The molecule has 0 heterocycles. The number of aromatic hydroxyl groups is 1. The van der Waals surface area contributed by atoms with Gasteiger partial charge in [-0.25, -0.2) is 8.78 Å². The predicted octanol–water partition coefficient (Wildman–Crippen LogP) is 4.56. The molecule has 0 spiro atoms. The first kappa shape index (κ1) is 15.4. The Morgan fingerprint density at radius 3 is 2.52 bits per heavy atom. The molecule has 0 saturated carbocycles. The summed E-state index contributed by atoms with van der Waals surface area (Å²) >= 11 is 1.62. The number of rotatable bonds is 6. The van der Waals surface area contributed by atoms with Crippen molar-refractivity contribution in [2.24, 2.45) is 0 Å². The van der Waals surface area contributed by atoms with E-state index in [-0.39, 0.29) is 6.54 Å². The van der Waals surface area contributed by atoms with Crippen LogP contribution in [0.3, 0.4) is 0 Å². The molecule has 0 aliphatic rings. The van der Waals surface area contributed by atoms with Gasteiger partial charge in [-0.05, 0) is 29.8 Å². The normalized spacial score (nSPS) is 10.4. The van der Waals surface area contributed by atoms with Crippen LogP contribution in [0.4, 0.5) is 14.5 Å². The van der Waals surface area contributed by atoms with E-state index < -0.39 is 17.4 Å². The van der Waals surface area contributed by atoms with E-state index in [1.54, 1.807) is 11.8 Å². The van der Waals surface area contributed by atoms with Crippen molar-refractivity contribution < 1.29 is 13.9 Å². The second-order valence-corrected chi connectivity index (χ2v) is 5.42. The van der Waals surface area contributed by atoms with Crippen LogP contribution < -0.4 is 5.32 Å². The van der Waals surface area contributed by atoms with E-state index in [1.807, 2.05) is 30.3 Å². The molecule has 0 aromatic heterocycles. The van der Waals surface area contributed by atoms with Gasteiger partial charge >= 0.3 is 0 Å². The number of para-hydroxylation sites is 1. The lowest BCUT2D eigenvalue weighted by Gasteiger charge is -2.11. The van der Waals surface area contributed by atoms with Crippen LogP contribution in [-0.2, 0) is 6.54 Å². The molecule has 2 N–H and O–H groups in total. The molecule has 0 aliphatic heterocycles. The van der Waals surface area contributed by atoms with Gasteiger partial charge in [-0.2, -0.15) is 0 Å². The first-order chi connectivity index (χ1) is 10.1. The van der Waals surface area contributed by atoms with E-state index >= 15 is 0 Å². The number of phenolic OH excluding ortho intramolecular Hbond substituents is 1. The van der Waals surface area contributed by atoms with Crippen LogP contribution in [0, 0.1) is 11.6 Å². The summed E-state index contributed by atoms with van der Waals surface area (Å²) in [7, 11) is 0. The second-order valence-electron chi connectivity index (χ2n) is 4.36. The van der Waals surface area contributed by atoms with Crippen LogP contribution in [-0.4, -0.2) is 10.9 Å². The van der Waals surface area contributed by atoms with Crippen LogP contribution in [0.5, 0.6) is 5.75 Å². The smallest absolute Gasteiger partial charge is 0.187 e. The predicted molar refractivity (Wildman–Crippen MR) is 82.7 cm³/mol. The van der Waals surface area contributed by atoms with Crippen molar-refractivity contribution in [2.75, 3.05) is 11.1 Å². The summed E-state index contributed by atoms with van der Waals surface area (Å²) < 4.78 is 26.6. The fourth-order valence-electron chi connectivity index (χ4n) is 1.80. The maximum absolute atomic E-state index is 13.3. The maximum Gasteiger partial charge on any atom is 0.187 e. The van der Waals surface area contributed by atoms with Crippen molar-refractivity contribution in [1.29, 1.82) is 0 Å². The number of anilines is 1. The first-order valence-electron chi connectivity index (χ1n) is 6.35. The summed E-state index contributed by atoms with van der Waals surface area (Å²) in [6, 6.07) is 9.91. The molecular formula is C16H15F2NOS. The zero-order chi connectivity index (χ0) is 15.2. The first-order valence-corrected chi connectivity index (χ1v) is 7.34. The standard InChI is InChI=1S/C16H15F2NOS/c1-2-7-21-15-6-4-3-5-14(15)19-10-11-8-12(17)16(20)13(18)9-11/h2-6,8-9,19-20H,1,7,10H2. The molecule has 110 valence electrons. The van der Waals surface area contributed by atoms with E-state index in [4.69, 9.17) is 5.11 Å². The highest BCUT2D eigenvalue weighted by Crippen LogP contribution is 2.28. The van der Waals surface area contributed by atoms with Crippen molar-refractivity contribution in [3.63, 3.8) is 0 Å². The van der Waals surface area contributed by atoms with Gasteiger partial charge < -0.3 is 10.4 Å². The molecule has 21 heavy (non-hydrogen) atoms. The molecule has 0 atom stereocenters. The summed E-state index contributed by atoms with van der Waals surface area (Å²) in [5.74, 6) is -2.08. The number of nitrogens with one attached hydrogen (secondary N) is 1. The Morgan fingerprint density at radius 1 is 1.19 bits per heavy atom. The Hall–Kier alpha value is -2.01. The monoisotopic (exact) mass is 307 g/mol. The van der Waals surface area contributed by atoms with Gasteiger partial charge in [-0.15, -0.1) is 18.3 Å². The molecule has 0 aliphatic carbocycles. The highest BCUT2D eigenvalue weighted by atomic mass is 32.2. The Bertz CT molecular complexity index is 623. The number of thioether (sulfide) groups is 1. The molecule has 2 aromatic rings. The average Bonchev–Trinajstić information content (AvgIpc) is 2.49. The molecule has 2 nitrogen and oxygen atoms in total. The minimum atomic E-state index is -0.957. The summed E-state index contributed by atoms with van der Waals surface area (Å²) in [5.41, 5.74) is 1.31. The SMILES string of the molecule is C=CCSc1ccccc1NCc1cc(F)c(O)c(F)c1. The van der Waals surface area contributed by atoms with Gasteiger partial charge in [0.25, 0.3) is 0 Å². The number of benzene rings is 2. The lowest BCUT2D eigenvalue weighted by Crippen LogP contribution is -2.02. The van der Waals surface area contributed by atoms with Crippen LogP contribution in [0.25, 0.3) is 0 Å². The summed E-state index contributed by atoms with van der Waals surface area (Å²) in [4.78, 5) is 1.04. The minimum Gasteiger partial charge on any atom is -0.503 e. The molecule has 0 unspecified atom stereocenters. The zero-order valence-corrected chi connectivity index (χ0v) is 12.1. The topological polar surface area (TPSA) is 32.3 Å². The third-order valence-corrected chi connectivity index (χ3v) is 3.87. The minimum absolute atomic E-state index is 0.264. The van der Waals surface area contributed by atoms with Gasteiger partial charge in [0.1, 0.15) is 0 Å². The van der Waals surface area contributed by atoms with Gasteiger partial charge in [0.05, 0.1) is 0 Å². The van der Waals surface area contributed by atoms with Crippen molar-refractivity contribution in [3.8, 4) is 5.75 Å². The molecule has 0 amide bonds. The van der Waals surface area contributed by atoms with Gasteiger partial charge in [-0.3, -0.25) is 0 Å². The number of hydrogen-bond donors (Lipinski definition) is 2. The van der Waals surface area contributed by atoms with Crippen molar-refractivity contribution in [2.45, 2.75) is 11.4 Å². The van der Waals surface area contributed by atoms with Crippen LogP contribution in [0.15, 0.2) is 53.9 Å². The summed E-state index contributed by atoms with van der Waals surface area (Å²) in [6.45, 7) is 3.94. The molecular weight excluding hydrogens is 292 g/mol. The van der Waals surface area contributed by atoms with E-state index in [9.17, 15) is 8.78 Å². The van der Waals surface area contributed by atoms with Crippen molar-refractivity contribution in [1.82, 2.24) is 0 Å². The van der Waals surface area contributed by atoms with Gasteiger partial charge in [0.15, 0.2) is 17.4 Å². The fourth-order valence-corrected chi connectivity index (χ4v) is 2.57. The molecule has 2 rings (SSSR count). The third-order valence-electron chi connectivity index (χ3n) is 2.80. The molecule has 0 saturated heterocycles. The van der Waals surface area contributed by atoms with Gasteiger partial charge in [0, 0.05) is 22.9 Å². The number of halogens is 2. The van der Waals surface area contributed by atoms with Crippen LogP contribution in [0.2, 0.25) is 0 Å². The third kappa shape index (κ3) is 3.98. The van der Waals surface area contributed by atoms with Crippen LogP contribution >= 0.6 is 11.8 Å². The van der Waals surface area contributed by atoms with Crippen molar-refractivity contribution in [3.05, 3.63) is 66.3 Å². The van der Waals surface area contributed by atoms with Gasteiger partial charge in [-0.1, -0.05) is 18.2 Å². The molecule has 0 radical (unpaired) electrons. The number of hydrogen-bond acceptors (Lipinski definition) is 3. The highest BCUT2D eigenvalue weighted by molar-refractivity contribution is 7.99.